The van der Waals surface area contributed by atoms with E-state index in [1.54, 1.807) is 0 Å². The molecule has 1 fully saturated rings. The highest BCUT2D eigenvalue weighted by molar-refractivity contribution is 5.83. The molecule has 2 atom stereocenters. The number of hydrogen-bond donors (Lipinski definition) is 2. The lowest BCUT2D eigenvalue weighted by atomic mass is 9.88. The van der Waals surface area contributed by atoms with Gasteiger partial charge in [-0.1, -0.05) is 6.07 Å². The highest BCUT2D eigenvalue weighted by Gasteiger charge is 2.36. The molecule has 1 saturated heterocycles. The maximum atomic E-state index is 12.4. The Morgan fingerprint density at radius 1 is 1.33 bits per heavy atom. The molecule has 0 spiro atoms. The van der Waals surface area contributed by atoms with E-state index < -0.39 is 0 Å². The highest BCUT2D eigenvalue weighted by atomic mass is 16.6. The molecule has 0 aliphatic carbocycles. The van der Waals surface area contributed by atoms with Crippen LogP contribution in [0.25, 0.3) is 0 Å². The van der Waals surface area contributed by atoms with E-state index in [0.29, 0.717) is 13.2 Å². The molecule has 0 aromatic heterocycles. The Bertz CT molecular complexity index is 538. The standard InChI is InChI=1S/C16H22N2O3/c1-11(18-15(19)16(2)5-6-17-10-16)12-3-4-13-14(9-12)21-8-7-20-13/h3-4,9,11,17H,5-8,10H2,1-2H3,(H,18,19). The SMILES string of the molecule is CC(NC(=O)C1(C)CCNC1)c1ccc2c(c1)OCCO2. The van der Waals surface area contributed by atoms with Crippen LogP contribution in [0.15, 0.2) is 18.2 Å². The molecule has 2 N–H and O–H groups in total. The Kier molecular flexibility index (Phi) is 3.76. The van der Waals surface area contributed by atoms with Crippen LogP contribution in [0.5, 0.6) is 11.5 Å². The molecular formula is C16H22N2O3. The lowest BCUT2D eigenvalue weighted by Gasteiger charge is -2.25. The summed E-state index contributed by atoms with van der Waals surface area (Å²) < 4.78 is 11.1. The van der Waals surface area contributed by atoms with E-state index in [9.17, 15) is 4.79 Å². The van der Waals surface area contributed by atoms with Crippen LogP contribution in [0, 0.1) is 5.41 Å². The Morgan fingerprint density at radius 2 is 2.10 bits per heavy atom. The fourth-order valence-corrected chi connectivity index (χ4v) is 2.79. The second-order valence-electron chi connectivity index (χ2n) is 6.09. The van der Waals surface area contributed by atoms with Crippen molar-refractivity contribution in [2.45, 2.75) is 26.3 Å². The summed E-state index contributed by atoms with van der Waals surface area (Å²) in [6, 6.07) is 5.79. The second-order valence-corrected chi connectivity index (χ2v) is 6.09. The fourth-order valence-electron chi connectivity index (χ4n) is 2.79. The van der Waals surface area contributed by atoms with Crippen LogP contribution in [-0.4, -0.2) is 32.2 Å². The van der Waals surface area contributed by atoms with Gasteiger partial charge in [-0.2, -0.15) is 0 Å². The maximum Gasteiger partial charge on any atom is 0.227 e. The third kappa shape index (κ3) is 2.83. The number of ether oxygens (including phenoxy) is 2. The Balaban J connectivity index is 1.70. The van der Waals surface area contributed by atoms with E-state index in [1.165, 1.54) is 0 Å². The molecule has 5 heteroatoms. The molecule has 2 aliphatic heterocycles. The van der Waals surface area contributed by atoms with Gasteiger partial charge < -0.3 is 20.1 Å². The van der Waals surface area contributed by atoms with Crippen molar-refractivity contribution in [1.82, 2.24) is 10.6 Å². The number of rotatable bonds is 3. The van der Waals surface area contributed by atoms with Gasteiger partial charge >= 0.3 is 0 Å². The number of carbonyl (C=O) groups excluding carboxylic acids is 1. The summed E-state index contributed by atoms with van der Waals surface area (Å²) in [6.45, 7) is 6.81. The zero-order valence-electron chi connectivity index (χ0n) is 12.6. The van der Waals surface area contributed by atoms with Crippen molar-refractivity contribution in [3.63, 3.8) is 0 Å². The van der Waals surface area contributed by atoms with Gasteiger partial charge in [0.1, 0.15) is 13.2 Å². The summed E-state index contributed by atoms with van der Waals surface area (Å²) in [4.78, 5) is 12.4. The molecule has 3 rings (SSSR count). The van der Waals surface area contributed by atoms with E-state index in [2.05, 4.69) is 10.6 Å². The molecule has 5 nitrogen and oxygen atoms in total. The second kappa shape index (κ2) is 5.56. The molecule has 1 amide bonds. The summed E-state index contributed by atoms with van der Waals surface area (Å²) in [5.41, 5.74) is 0.726. The number of benzene rings is 1. The fraction of sp³-hybridized carbons (Fsp3) is 0.562. The number of hydrogen-bond acceptors (Lipinski definition) is 4. The molecule has 1 aromatic carbocycles. The van der Waals surface area contributed by atoms with Gasteiger partial charge in [-0.3, -0.25) is 4.79 Å². The van der Waals surface area contributed by atoms with E-state index in [4.69, 9.17) is 9.47 Å². The number of fused-ring (bicyclic) bond motifs is 1. The molecule has 1 aromatic rings. The van der Waals surface area contributed by atoms with Crippen LogP contribution in [0.1, 0.15) is 31.9 Å². The number of amides is 1. The van der Waals surface area contributed by atoms with E-state index in [1.807, 2.05) is 32.0 Å². The summed E-state index contributed by atoms with van der Waals surface area (Å²) >= 11 is 0. The molecule has 21 heavy (non-hydrogen) atoms. The van der Waals surface area contributed by atoms with E-state index >= 15 is 0 Å². The third-order valence-corrected chi connectivity index (χ3v) is 4.33. The Morgan fingerprint density at radius 3 is 2.81 bits per heavy atom. The van der Waals surface area contributed by atoms with E-state index in [0.717, 1.165) is 36.6 Å². The molecule has 2 unspecified atom stereocenters. The van der Waals surface area contributed by atoms with Crippen molar-refractivity contribution >= 4 is 5.91 Å². The lowest BCUT2D eigenvalue weighted by Crippen LogP contribution is -2.41. The van der Waals surface area contributed by atoms with Gasteiger partial charge in [0.25, 0.3) is 0 Å². The van der Waals surface area contributed by atoms with Crippen molar-refractivity contribution in [1.29, 1.82) is 0 Å². The smallest absolute Gasteiger partial charge is 0.227 e. The molecule has 0 bridgehead atoms. The van der Waals surface area contributed by atoms with Crippen LogP contribution in [0.3, 0.4) is 0 Å². The van der Waals surface area contributed by atoms with Gasteiger partial charge in [0.05, 0.1) is 11.5 Å². The van der Waals surface area contributed by atoms with Gasteiger partial charge in [-0.05, 0) is 44.5 Å². The highest BCUT2D eigenvalue weighted by Crippen LogP contribution is 2.33. The van der Waals surface area contributed by atoms with Crippen LogP contribution in [-0.2, 0) is 4.79 Å². The first kappa shape index (κ1) is 14.2. The first-order chi connectivity index (χ1) is 10.1. The number of nitrogens with one attached hydrogen (secondary N) is 2. The average Bonchev–Trinajstić information content (AvgIpc) is 2.95. The monoisotopic (exact) mass is 290 g/mol. The molecule has 2 aliphatic rings. The van der Waals surface area contributed by atoms with Gasteiger partial charge in [-0.25, -0.2) is 0 Å². The maximum absolute atomic E-state index is 12.4. The predicted molar refractivity (Wildman–Crippen MR) is 79.6 cm³/mol. The van der Waals surface area contributed by atoms with Crippen LogP contribution >= 0.6 is 0 Å². The summed E-state index contributed by atoms with van der Waals surface area (Å²) in [7, 11) is 0. The van der Waals surface area contributed by atoms with Gasteiger partial charge in [0.15, 0.2) is 11.5 Å². The van der Waals surface area contributed by atoms with Crippen molar-refractivity contribution in [2.24, 2.45) is 5.41 Å². The van der Waals surface area contributed by atoms with Crippen LogP contribution < -0.4 is 20.1 Å². The molecule has 114 valence electrons. The predicted octanol–water partition coefficient (Wildman–Crippen LogP) is 1.63. The van der Waals surface area contributed by atoms with Crippen molar-refractivity contribution in [3.05, 3.63) is 23.8 Å². The molecule has 2 heterocycles. The average molecular weight is 290 g/mol. The molecule has 0 saturated carbocycles. The van der Waals surface area contributed by atoms with Crippen molar-refractivity contribution < 1.29 is 14.3 Å². The third-order valence-electron chi connectivity index (χ3n) is 4.33. The van der Waals surface area contributed by atoms with Crippen molar-refractivity contribution in [2.75, 3.05) is 26.3 Å². The Labute approximate surface area is 125 Å². The molecular weight excluding hydrogens is 268 g/mol. The first-order valence-corrected chi connectivity index (χ1v) is 7.50. The topological polar surface area (TPSA) is 59.6 Å². The van der Waals surface area contributed by atoms with Crippen LogP contribution in [0.2, 0.25) is 0 Å². The first-order valence-electron chi connectivity index (χ1n) is 7.50. The number of carbonyl (C=O) groups is 1. The zero-order chi connectivity index (χ0) is 14.9. The molecule has 0 radical (unpaired) electrons. The van der Waals surface area contributed by atoms with Crippen LogP contribution in [0.4, 0.5) is 0 Å². The minimum atomic E-state index is -0.303. The van der Waals surface area contributed by atoms with Gasteiger partial charge in [0.2, 0.25) is 5.91 Å². The van der Waals surface area contributed by atoms with Gasteiger partial charge in [0, 0.05) is 6.54 Å². The summed E-state index contributed by atoms with van der Waals surface area (Å²) in [5.74, 6) is 1.64. The zero-order valence-corrected chi connectivity index (χ0v) is 12.6. The minimum absolute atomic E-state index is 0.0502. The van der Waals surface area contributed by atoms with Gasteiger partial charge in [-0.15, -0.1) is 0 Å². The minimum Gasteiger partial charge on any atom is -0.486 e. The normalized spacial score (nSPS) is 25.4. The van der Waals surface area contributed by atoms with E-state index in [-0.39, 0.29) is 17.4 Å². The lowest BCUT2D eigenvalue weighted by molar-refractivity contribution is -0.129. The quantitative estimate of drug-likeness (QED) is 0.888. The largest absolute Gasteiger partial charge is 0.486 e. The summed E-state index contributed by atoms with van der Waals surface area (Å²) in [5, 5.41) is 6.36. The van der Waals surface area contributed by atoms with Crippen molar-refractivity contribution in [3.8, 4) is 11.5 Å². The summed E-state index contributed by atoms with van der Waals surface area (Å²) in [6.07, 6.45) is 0.882. The Hall–Kier alpha value is -1.75.